The van der Waals surface area contributed by atoms with Crippen LogP contribution in [0.3, 0.4) is 0 Å². The predicted molar refractivity (Wildman–Crippen MR) is 108 cm³/mol. The number of ether oxygens (including phenoxy) is 3. The summed E-state index contributed by atoms with van der Waals surface area (Å²) in [5.74, 6) is 1.35. The molecule has 0 bridgehead atoms. The highest BCUT2D eigenvalue weighted by Gasteiger charge is 2.30. The minimum absolute atomic E-state index is 0.0875. The monoisotopic (exact) mass is 390 g/mol. The maximum absolute atomic E-state index is 13.8. The number of rotatable bonds is 5. The van der Waals surface area contributed by atoms with Gasteiger partial charge in [0.2, 0.25) is 5.78 Å². The Morgan fingerprint density at radius 3 is 2.55 bits per heavy atom. The molecule has 1 aliphatic rings. The minimum Gasteiger partial charge on any atom is -0.496 e. The van der Waals surface area contributed by atoms with Gasteiger partial charge in [-0.25, -0.2) is 4.39 Å². The normalized spacial score (nSPS) is 13.9. The third kappa shape index (κ3) is 3.59. The molecule has 0 atom stereocenters. The number of fused-ring (bicyclic) bond motifs is 1. The summed E-state index contributed by atoms with van der Waals surface area (Å²) < 4.78 is 30.8. The molecule has 146 valence electrons. The Hall–Kier alpha value is -3.60. The molecule has 0 unspecified atom stereocenters. The lowest BCUT2D eigenvalue weighted by atomic mass is 10.1. The van der Waals surface area contributed by atoms with E-state index in [9.17, 15) is 9.18 Å². The number of Topliss-reactive ketones (excluding diaryl/α,β-unsaturated/α-hetero) is 1. The fourth-order valence-corrected chi connectivity index (χ4v) is 3.22. The molecule has 5 heteroatoms. The Kier molecular flexibility index (Phi) is 5.04. The van der Waals surface area contributed by atoms with Crippen LogP contribution in [0.2, 0.25) is 0 Å². The van der Waals surface area contributed by atoms with Gasteiger partial charge in [0.05, 0.1) is 12.7 Å². The van der Waals surface area contributed by atoms with Crippen LogP contribution in [-0.4, -0.2) is 12.9 Å². The van der Waals surface area contributed by atoms with Gasteiger partial charge in [-0.05, 0) is 37.3 Å². The molecule has 0 amide bonds. The molecular weight excluding hydrogens is 371 g/mol. The molecule has 0 aromatic heterocycles. The van der Waals surface area contributed by atoms with Gasteiger partial charge in [0.25, 0.3) is 0 Å². The third-order valence-electron chi connectivity index (χ3n) is 4.80. The standard InChI is InChI=1S/C24H19FO4/c1-15-20(28-14-17-8-3-5-9-19(17)25)12-11-18-23(26)22(29-24(15)18)13-16-7-4-6-10-21(16)27-2/h3-13H,14H2,1-2H3/b22-13-. The van der Waals surface area contributed by atoms with Gasteiger partial charge in [0.15, 0.2) is 5.76 Å². The molecule has 1 heterocycles. The van der Waals surface area contributed by atoms with Crippen molar-refractivity contribution in [1.82, 2.24) is 0 Å². The second-order valence-electron chi connectivity index (χ2n) is 6.63. The summed E-state index contributed by atoms with van der Waals surface area (Å²) in [6, 6.07) is 17.2. The second-order valence-corrected chi connectivity index (χ2v) is 6.63. The number of allylic oxidation sites excluding steroid dienone is 1. The van der Waals surface area contributed by atoms with Gasteiger partial charge in [0, 0.05) is 16.7 Å². The third-order valence-corrected chi connectivity index (χ3v) is 4.80. The largest absolute Gasteiger partial charge is 0.496 e. The molecule has 1 aliphatic heterocycles. The summed E-state index contributed by atoms with van der Waals surface area (Å²) in [5, 5.41) is 0. The first-order valence-electron chi connectivity index (χ1n) is 9.15. The van der Waals surface area contributed by atoms with E-state index in [-0.39, 0.29) is 24.0 Å². The molecule has 3 aromatic carbocycles. The van der Waals surface area contributed by atoms with Crippen LogP contribution in [0, 0.1) is 12.7 Å². The Labute approximate surface area is 168 Å². The summed E-state index contributed by atoms with van der Waals surface area (Å²) in [6.07, 6.45) is 1.67. The van der Waals surface area contributed by atoms with Crippen LogP contribution in [0.4, 0.5) is 4.39 Å². The lowest BCUT2D eigenvalue weighted by Crippen LogP contribution is -2.00. The first-order valence-corrected chi connectivity index (χ1v) is 9.15. The van der Waals surface area contributed by atoms with E-state index in [4.69, 9.17) is 14.2 Å². The lowest BCUT2D eigenvalue weighted by molar-refractivity contribution is 0.101. The summed E-state index contributed by atoms with van der Waals surface area (Å²) in [5.41, 5.74) is 2.37. The van der Waals surface area contributed by atoms with E-state index >= 15 is 0 Å². The van der Waals surface area contributed by atoms with E-state index in [1.54, 1.807) is 43.5 Å². The molecule has 0 aliphatic carbocycles. The van der Waals surface area contributed by atoms with E-state index in [2.05, 4.69) is 0 Å². The molecule has 3 aromatic rings. The van der Waals surface area contributed by atoms with Crippen LogP contribution in [0.25, 0.3) is 6.08 Å². The number of halogens is 1. The van der Waals surface area contributed by atoms with Crippen LogP contribution in [0.1, 0.15) is 27.0 Å². The summed E-state index contributed by atoms with van der Waals surface area (Å²) >= 11 is 0. The Morgan fingerprint density at radius 2 is 1.76 bits per heavy atom. The zero-order valence-corrected chi connectivity index (χ0v) is 16.1. The van der Waals surface area contributed by atoms with E-state index in [0.29, 0.717) is 33.9 Å². The highest BCUT2D eigenvalue weighted by Crippen LogP contribution is 2.40. The molecule has 0 fully saturated rings. The van der Waals surface area contributed by atoms with Crippen molar-refractivity contribution in [2.45, 2.75) is 13.5 Å². The van der Waals surface area contributed by atoms with Gasteiger partial charge in [-0.15, -0.1) is 0 Å². The fraction of sp³-hybridized carbons (Fsp3) is 0.125. The molecule has 0 spiro atoms. The minimum atomic E-state index is -0.320. The predicted octanol–water partition coefficient (Wildman–Crippen LogP) is 5.34. The quantitative estimate of drug-likeness (QED) is 0.552. The number of carbonyl (C=O) groups is 1. The topological polar surface area (TPSA) is 44.8 Å². The summed E-state index contributed by atoms with van der Waals surface area (Å²) in [6.45, 7) is 1.90. The molecule has 29 heavy (non-hydrogen) atoms. The highest BCUT2D eigenvalue weighted by atomic mass is 19.1. The average molecular weight is 390 g/mol. The number of para-hydroxylation sites is 1. The number of carbonyl (C=O) groups excluding carboxylic acids is 1. The molecule has 4 rings (SSSR count). The summed E-state index contributed by atoms with van der Waals surface area (Å²) in [4.78, 5) is 12.8. The van der Waals surface area contributed by atoms with Gasteiger partial charge < -0.3 is 14.2 Å². The fourth-order valence-electron chi connectivity index (χ4n) is 3.22. The number of ketones is 1. The van der Waals surface area contributed by atoms with E-state index < -0.39 is 0 Å². The zero-order chi connectivity index (χ0) is 20.4. The van der Waals surface area contributed by atoms with Crippen LogP contribution < -0.4 is 14.2 Å². The van der Waals surface area contributed by atoms with Crippen molar-refractivity contribution in [3.8, 4) is 17.2 Å². The SMILES string of the molecule is COc1ccccc1/C=C1\Oc2c(ccc(OCc3ccccc3F)c2C)C1=O. The van der Waals surface area contributed by atoms with E-state index in [0.717, 1.165) is 5.56 Å². The molecular formula is C24H19FO4. The van der Waals surface area contributed by atoms with Crippen LogP contribution >= 0.6 is 0 Å². The highest BCUT2D eigenvalue weighted by molar-refractivity contribution is 6.15. The van der Waals surface area contributed by atoms with Crippen LogP contribution in [0.5, 0.6) is 17.2 Å². The van der Waals surface area contributed by atoms with Crippen molar-refractivity contribution >= 4 is 11.9 Å². The maximum atomic E-state index is 13.8. The van der Waals surface area contributed by atoms with Crippen molar-refractivity contribution in [2.24, 2.45) is 0 Å². The lowest BCUT2D eigenvalue weighted by Gasteiger charge is -2.12. The van der Waals surface area contributed by atoms with Gasteiger partial charge >= 0.3 is 0 Å². The van der Waals surface area contributed by atoms with Gasteiger partial charge in [0.1, 0.15) is 29.7 Å². The molecule has 0 saturated heterocycles. The van der Waals surface area contributed by atoms with Crippen molar-refractivity contribution < 1.29 is 23.4 Å². The van der Waals surface area contributed by atoms with Gasteiger partial charge in [-0.2, -0.15) is 0 Å². The van der Waals surface area contributed by atoms with E-state index in [1.165, 1.54) is 6.07 Å². The zero-order valence-electron chi connectivity index (χ0n) is 16.1. The maximum Gasteiger partial charge on any atom is 0.231 e. The van der Waals surface area contributed by atoms with Gasteiger partial charge in [-0.1, -0.05) is 36.4 Å². The molecule has 4 nitrogen and oxygen atoms in total. The van der Waals surface area contributed by atoms with Crippen molar-refractivity contribution in [3.63, 3.8) is 0 Å². The summed E-state index contributed by atoms with van der Waals surface area (Å²) in [7, 11) is 1.58. The van der Waals surface area contributed by atoms with Crippen molar-refractivity contribution in [3.05, 3.63) is 94.5 Å². The molecule has 0 radical (unpaired) electrons. The first-order chi connectivity index (χ1) is 14.1. The molecule has 0 N–H and O–H groups in total. The Bertz CT molecular complexity index is 1120. The number of hydrogen-bond acceptors (Lipinski definition) is 4. The van der Waals surface area contributed by atoms with Crippen LogP contribution in [0.15, 0.2) is 66.4 Å². The van der Waals surface area contributed by atoms with Gasteiger partial charge in [-0.3, -0.25) is 4.79 Å². The van der Waals surface area contributed by atoms with Crippen molar-refractivity contribution in [1.29, 1.82) is 0 Å². The van der Waals surface area contributed by atoms with Crippen molar-refractivity contribution in [2.75, 3.05) is 7.11 Å². The Morgan fingerprint density at radius 1 is 1.00 bits per heavy atom. The first kappa shape index (κ1) is 18.7. The number of methoxy groups -OCH3 is 1. The molecule has 0 saturated carbocycles. The number of benzene rings is 3. The second kappa shape index (κ2) is 7.80. The number of hydrogen-bond donors (Lipinski definition) is 0. The van der Waals surface area contributed by atoms with Crippen LogP contribution in [-0.2, 0) is 6.61 Å². The Balaban J connectivity index is 1.60. The smallest absolute Gasteiger partial charge is 0.231 e. The van der Waals surface area contributed by atoms with E-state index in [1.807, 2.05) is 31.2 Å². The average Bonchev–Trinajstić information content (AvgIpc) is 3.05.